The Balaban J connectivity index is 1.89. The van der Waals surface area contributed by atoms with E-state index in [4.69, 9.17) is 7.85 Å². The molecule has 1 heterocycles. The van der Waals surface area contributed by atoms with E-state index < -0.39 is 0 Å². The molecule has 0 aliphatic carbocycles. The monoisotopic (exact) mass is 247 g/mol. The molecule has 2 aromatic carbocycles. The molecule has 0 unspecified atom stereocenters. The fraction of sp³-hybridized carbons (Fsp3) is 0.188. The molecule has 1 aliphatic rings. The first-order chi connectivity index (χ1) is 9.15. The largest absolute Gasteiger partial charge is 0.330 e. The molecule has 2 radical (unpaired) electrons. The van der Waals surface area contributed by atoms with Crippen molar-refractivity contribution >= 4 is 19.2 Å². The predicted molar refractivity (Wildman–Crippen MR) is 76.6 cm³/mol. The first kappa shape index (κ1) is 12.0. The number of benzene rings is 2. The summed E-state index contributed by atoms with van der Waals surface area (Å²) in [5.74, 6) is 0.108. The van der Waals surface area contributed by atoms with Crippen molar-refractivity contribution in [1.29, 1.82) is 0 Å². The summed E-state index contributed by atoms with van der Waals surface area (Å²) in [6.45, 7) is 3.24. The number of hydrogen-bond acceptors (Lipinski definition) is 1. The third-order valence-electron chi connectivity index (χ3n) is 3.52. The van der Waals surface area contributed by atoms with Crippen LogP contribution in [0.3, 0.4) is 0 Å². The fourth-order valence-electron chi connectivity index (χ4n) is 2.69. The summed E-state index contributed by atoms with van der Waals surface area (Å²) in [5, 5.41) is 0. The molecule has 0 fully saturated rings. The van der Waals surface area contributed by atoms with E-state index in [1.54, 1.807) is 0 Å². The highest BCUT2D eigenvalue weighted by atomic mass is 16.2. The second-order valence-corrected chi connectivity index (χ2v) is 5.02. The third kappa shape index (κ3) is 2.16. The van der Waals surface area contributed by atoms with Gasteiger partial charge in [-0.2, -0.15) is 0 Å². The maximum Gasteiger partial charge on any atom is 0.255 e. The van der Waals surface area contributed by atoms with Crippen LogP contribution in [0.4, 0.5) is 0 Å². The molecule has 0 saturated carbocycles. The highest BCUT2D eigenvalue weighted by molar-refractivity contribution is 6.32. The fourth-order valence-corrected chi connectivity index (χ4v) is 2.69. The van der Waals surface area contributed by atoms with Crippen LogP contribution in [0, 0.1) is 6.92 Å². The van der Waals surface area contributed by atoms with Crippen molar-refractivity contribution < 1.29 is 4.79 Å². The topological polar surface area (TPSA) is 20.3 Å². The average molecular weight is 247 g/mol. The lowest BCUT2D eigenvalue weighted by molar-refractivity contribution is 0.0766. The van der Waals surface area contributed by atoms with Crippen molar-refractivity contribution in [3.05, 3.63) is 64.7 Å². The van der Waals surface area contributed by atoms with Gasteiger partial charge in [-0.05, 0) is 23.6 Å². The van der Waals surface area contributed by atoms with Crippen molar-refractivity contribution in [1.82, 2.24) is 4.90 Å². The number of fused-ring (bicyclic) bond motifs is 1. The molecule has 92 valence electrons. The second kappa shape index (κ2) is 4.58. The molecule has 0 spiro atoms. The first-order valence-electron chi connectivity index (χ1n) is 6.37. The lowest BCUT2D eigenvalue weighted by atomic mass is 9.90. The van der Waals surface area contributed by atoms with E-state index in [9.17, 15) is 4.79 Å². The Morgan fingerprint density at radius 3 is 2.68 bits per heavy atom. The quantitative estimate of drug-likeness (QED) is 0.742. The van der Waals surface area contributed by atoms with Crippen LogP contribution in [0.25, 0.3) is 0 Å². The van der Waals surface area contributed by atoms with Gasteiger partial charge in [0.15, 0.2) is 0 Å². The van der Waals surface area contributed by atoms with E-state index in [-0.39, 0.29) is 5.91 Å². The molecule has 2 nitrogen and oxygen atoms in total. The van der Waals surface area contributed by atoms with Crippen LogP contribution >= 0.6 is 0 Å². The van der Waals surface area contributed by atoms with Crippen molar-refractivity contribution in [3.63, 3.8) is 0 Å². The van der Waals surface area contributed by atoms with E-state index in [2.05, 4.69) is 0 Å². The minimum absolute atomic E-state index is 0.108. The average Bonchev–Trinajstić information content (AvgIpc) is 2.67. The van der Waals surface area contributed by atoms with Gasteiger partial charge in [0.25, 0.3) is 5.91 Å². The Morgan fingerprint density at radius 1 is 1.21 bits per heavy atom. The van der Waals surface area contributed by atoms with E-state index in [1.807, 2.05) is 54.3 Å². The van der Waals surface area contributed by atoms with Crippen LogP contribution in [0.15, 0.2) is 42.5 Å². The molecule has 1 amide bonds. The summed E-state index contributed by atoms with van der Waals surface area (Å²) in [6, 6.07) is 13.8. The molecule has 2 aromatic rings. The highest BCUT2D eigenvalue weighted by Gasteiger charge is 2.28. The zero-order valence-electron chi connectivity index (χ0n) is 10.9. The van der Waals surface area contributed by atoms with Gasteiger partial charge in [-0.15, -0.1) is 0 Å². The SMILES string of the molecule is [B]c1cc(C)c2c(c1)CN(Cc1ccccc1)C2=O. The number of nitrogens with zero attached hydrogens (tertiary/aromatic N) is 1. The molecule has 3 rings (SSSR count). The molecule has 0 aromatic heterocycles. The van der Waals surface area contributed by atoms with Gasteiger partial charge in [0.05, 0.1) is 0 Å². The summed E-state index contributed by atoms with van der Waals surface area (Å²) in [5.41, 5.74) is 4.71. The molecular formula is C16H14BNO. The molecule has 0 N–H and O–H groups in total. The number of hydrogen-bond donors (Lipinski definition) is 0. The lowest BCUT2D eigenvalue weighted by Gasteiger charge is -2.15. The van der Waals surface area contributed by atoms with E-state index in [0.717, 1.165) is 27.7 Å². The smallest absolute Gasteiger partial charge is 0.255 e. The van der Waals surface area contributed by atoms with Gasteiger partial charge in [-0.3, -0.25) is 4.79 Å². The van der Waals surface area contributed by atoms with Gasteiger partial charge >= 0.3 is 0 Å². The summed E-state index contributed by atoms with van der Waals surface area (Å²) in [6.07, 6.45) is 0. The van der Waals surface area contributed by atoms with Gasteiger partial charge in [0, 0.05) is 18.7 Å². The molecule has 0 atom stereocenters. The molecule has 0 bridgehead atoms. The lowest BCUT2D eigenvalue weighted by Crippen LogP contribution is -2.23. The summed E-state index contributed by atoms with van der Waals surface area (Å²) < 4.78 is 0. The number of aryl methyl sites for hydroxylation is 1. The Kier molecular flexibility index (Phi) is 2.90. The van der Waals surface area contributed by atoms with Crippen LogP contribution in [0.1, 0.15) is 27.0 Å². The Morgan fingerprint density at radius 2 is 1.95 bits per heavy atom. The van der Waals surface area contributed by atoms with E-state index in [1.165, 1.54) is 0 Å². The van der Waals surface area contributed by atoms with E-state index in [0.29, 0.717) is 13.1 Å². The van der Waals surface area contributed by atoms with Crippen LogP contribution in [-0.4, -0.2) is 18.7 Å². The van der Waals surface area contributed by atoms with Gasteiger partial charge < -0.3 is 4.90 Å². The minimum Gasteiger partial charge on any atom is -0.330 e. The van der Waals surface area contributed by atoms with Crippen LogP contribution in [-0.2, 0) is 13.1 Å². The molecule has 3 heteroatoms. The molecule has 1 aliphatic heterocycles. The number of amides is 1. The highest BCUT2D eigenvalue weighted by Crippen LogP contribution is 2.26. The second-order valence-electron chi connectivity index (χ2n) is 5.02. The standard InChI is InChI=1S/C16H14BNO/c1-11-7-14(17)8-13-10-18(16(19)15(11)13)9-12-5-3-2-4-6-12/h2-8H,9-10H2,1H3. The number of carbonyl (C=O) groups is 1. The molecule has 19 heavy (non-hydrogen) atoms. The maximum absolute atomic E-state index is 12.4. The van der Waals surface area contributed by atoms with Crippen LogP contribution in [0.5, 0.6) is 0 Å². The van der Waals surface area contributed by atoms with Gasteiger partial charge in [-0.1, -0.05) is 47.9 Å². The molecular weight excluding hydrogens is 233 g/mol. The van der Waals surface area contributed by atoms with Crippen LogP contribution in [0.2, 0.25) is 0 Å². The molecule has 0 saturated heterocycles. The number of carbonyl (C=O) groups excluding carboxylic acids is 1. The Bertz CT molecular complexity index is 637. The zero-order valence-corrected chi connectivity index (χ0v) is 10.9. The van der Waals surface area contributed by atoms with Gasteiger partial charge in [0.1, 0.15) is 7.85 Å². The number of rotatable bonds is 2. The van der Waals surface area contributed by atoms with E-state index >= 15 is 0 Å². The predicted octanol–water partition coefficient (Wildman–Crippen LogP) is 1.94. The summed E-state index contributed by atoms with van der Waals surface area (Å²) in [7, 11) is 5.85. The van der Waals surface area contributed by atoms with Crippen molar-refractivity contribution in [2.24, 2.45) is 0 Å². The van der Waals surface area contributed by atoms with Gasteiger partial charge in [-0.25, -0.2) is 0 Å². The maximum atomic E-state index is 12.4. The van der Waals surface area contributed by atoms with Gasteiger partial charge in [0.2, 0.25) is 0 Å². The van der Waals surface area contributed by atoms with Crippen LogP contribution < -0.4 is 5.46 Å². The minimum atomic E-state index is 0.108. The summed E-state index contributed by atoms with van der Waals surface area (Å²) in [4.78, 5) is 14.3. The third-order valence-corrected chi connectivity index (χ3v) is 3.52. The summed E-state index contributed by atoms with van der Waals surface area (Å²) >= 11 is 0. The zero-order chi connectivity index (χ0) is 13.4. The van der Waals surface area contributed by atoms with Crippen molar-refractivity contribution in [3.8, 4) is 0 Å². The first-order valence-corrected chi connectivity index (χ1v) is 6.37. The van der Waals surface area contributed by atoms with Crippen molar-refractivity contribution in [2.75, 3.05) is 0 Å². The van der Waals surface area contributed by atoms with Crippen molar-refractivity contribution in [2.45, 2.75) is 20.0 Å². The Labute approximate surface area is 114 Å². The normalized spacial score (nSPS) is 13.7. The Hall–Kier alpha value is -2.03.